The highest BCUT2D eigenvalue weighted by Gasteiger charge is 2.29. The van der Waals surface area contributed by atoms with Gasteiger partial charge in [0.1, 0.15) is 6.04 Å². The van der Waals surface area contributed by atoms with Gasteiger partial charge in [-0.05, 0) is 12.0 Å². The Bertz CT molecular complexity index is 852. The smallest absolute Gasteiger partial charge is 0.326 e. The number of fused-ring (bicyclic) bond motifs is 1. The average Bonchev–Trinajstić information content (AvgIpc) is 3.09. The number of aliphatic carboxylic acids is 1. The Morgan fingerprint density at radius 1 is 1.07 bits per heavy atom. The first-order chi connectivity index (χ1) is 12.9. The van der Waals surface area contributed by atoms with Gasteiger partial charge in [0.25, 0.3) is 5.91 Å². The standard InChI is InChI=1S/C19H24N4O4/c1-12(2)16(18(25)26)21-19(27)23-9-7-22(8-10-23)17(24)14-11-20-15-6-4-3-5-13(14)15/h3-6,11-12,16,20H,7-10H2,1-2H3,(H,21,27)(H,25,26)/t16-/m0/s1. The van der Waals surface area contributed by atoms with Crippen LogP contribution in [0, 0.1) is 5.92 Å². The number of benzene rings is 1. The zero-order valence-electron chi connectivity index (χ0n) is 15.4. The van der Waals surface area contributed by atoms with Gasteiger partial charge in [-0.2, -0.15) is 0 Å². The molecule has 8 heteroatoms. The molecule has 1 fully saturated rings. The molecule has 0 bridgehead atoms. The number of nitrogens with zero attached hydrogens (tertiary/aromatic N) is 2. The van der Waals surface area contributed by atoms with E-state index in [0.717, 1.165) is 10.9 Å². The second-order valence-electron chi connectivity index (χ2n) is 7.04. The molecule has 3 rings (SSSR count). The van der Waals surface area contributed by atoms with Gasteiger partial charge in [0, 0.05) is 43.3 Å². The van der Waals surface area contributed by atoms with Gasteiger partial charge >= 0.3 is 12.0 Å². The Balaban J connectivity index is 1.61. The molecule has 1 saturated heterocycles. The van der Waals surface area contributed by atoms with E-state index in [1.807, 2.05) is 24.3 Å². The molecule has 3 N–H and O–H groups in total. The number of carbonyl (C=O) groups is 3. The molecule has 0 aliphatic carbocycles. The van der Waals surface area contributed by atoms with Gasteiger partial charge in [0.15, 0.2) is 0 Å². The van der Waals surface area contributed by atoms with Gasteiger partial charge in [-0.1, -0.05) is 32.0 Å². The molecule has 1 aliphatic rings. The van der Waals surface area contributed by atoms with Gasteiger partial charge in [-0.3, -0.25) is 4.79 Å². The fourth-order valence-electron chi connectivity index (χ4n) is 3.27. The first kappa shape index (κ1) is 18.8. The van der Waals surface area contributed by atoms with E-state index in [0.29, 0.717) is 31.7 Å². The topological polar surface area (TPSA) is 106 Å². The van der Waals surface area contributed by atoms with E-state index >= 15 is 0 Å². The van der Waals surface area contributed by atoms with Crippen molar-refractivity contribution in [3.63, 3.8) is 0 Å². The van der Waals surface area contributed by atoms with Crippen LogP contribution in [0.25, 0.3) is 10.9 Å². The molecule has 144 valence electrons. The SMILES string of the molecule is CC(C)[C@H](NC(=O)N1CCN(C(=O)c2c[nH]c3ccccc23)CC1)C(=O)O. The van der Waals surface area contributed by atoms with Crippen molar-refractivity contribution < 1.29 is 19.5 Å². The molecule has 1 aromatic carbocycles. The maximum atomic E-state index is 12.8. The molecule has 3 amide bonds. The molecule has 1 aliphatic heterocycles. The highest BCUT2D eigenvalue weighted by atomic mass is 16.4. The average molecular weight is 372 g/mol. The van der Waals surface area contributed by atoms with E-state index in [-0.39, 0.29) is 11.8 Å². The summed E-state index contributed by atoms with van der Waals surface area (Å²) < 4.78 is 0. The van der Waals surface area contributed by atoms with Crippen molar-refractivity contribution in [2.75, 3.05) is 26.2 Å². The maximum Gasteiger partial charge on any atom is 0.326 e. The number of amides is 3. The van der Waals surface area contributed by atoms with Crippen LogP contribution in [0.4, 0.5) is 4.79 Å². The Kier molecular flexibility index (Phi) is 5.34. The molecular weight excluding hydrogens is 348 g/mol. The van der Waals surface area contributed by atoms with E-state index in [1.165, 1.54) is 0 Å². The quantitative estimate of drug-likeness (QED) is 0.760. The van der Waals surface area contributed by atoms with Crippen molar-refractivity contribution in [2.45, 2.75) is 19.9 Å². The van der Waals surface area contributed by atoms with E-state index in [1.54, 1.807) is 29.8 Å². The normalized spacial score (nSPS) is 15.8. The molecule has 2 heterocycles. The number of rotatable bonds is 4. The lowest BCUT2D eigenvalue weighted by molar-refractivity contribution is -0.140. The lowest BCUT2D eigenvalue weighted by Gasteiger charge is -2.35. The monoisotopic (exact) mass is 372 g/mol. The third-order valence-corrected chi connectivity index (χ3v) is 4.89. The minimum Gasteiger partial charge on any atom is -0.480 e. The van der Waals surface area contributed by atoms with Crippen LogP contribution in [0.5, 0.6) is 0 Å². The number of para-hydroxylation sites is 1. The summed E-state index contributed by atoms with van der Waals surface area (Å²) in [6.45, 7) is 5.04. The Morgan fingerprint density at radius 2 is 1.70 bits per heavy atom. The van der Waals surface area contributed by atoms with Crippen LogP contribution in [0.3, 0.4) is 0 Å². The van der Waals surface area contributed by atoms with E-state index < -0.39 is 18.0 Å². The lowest BCUT2D eigenvalue weighted by Crippen LogP contribution is -2.56. The molecule has 0 saturated carbocycles. The van der Waals surface area contributed by atoms with Crippen LogP contribution < -0.4 is 5.32 Å². The van der Waals surface area contributed by atoms with Crippen LogP contribution in [0.2, 0.25) is 0 Å². The Hall–Kier alpha value is -3.03. The fraction of sp³-hybridized carbons (Fsp3) is 0.421. The first-order valence-corrected chi connectivity index (χ1v) is 9.02. The molecule has 0 radical (unpaired) electrons. The molecule has 1 atom stereocenters. The molecular formula is C19H24N4O4. The molecule has 0 spiro atoms. The zero-order valence-corrected chi connectivity index (χ0v) is 15.4. The van der Waals surface area contributed by atoms with Crippen molar-refractivity contribution in [1.82, 2.24) is 20.1 Å². The molecule has 1 aromatic heterocycles. The van der Waals surface area contributed by atoms with Gasteiger partial charge in [-0.15, -0.1) is 0 Å². The molecule has 27 heavy (non-hydrogen) atoms. The number of aromatic nitrogens is 1. The number of aromatic amines is 1. The van der Waals surface area contributed by atoms with Crippen LogP contribution in [-0.2, 0) is 4.79 Å². The summed E-state index contributed by atoms with van der Waals surface area (Å²) in [5.74, 6) is -1.33. The second-order valence-corrected chi connectivity index (χ2v) is 7.04. The summed E-state index contributed by atoms with van der Waals surface area (Å²) >= 11 is 0. The van der Waals surface area contributed by atoms with Crippen LogP contribution >= 0.6 is 0 Å². The van der Waals surface area contributed by atoms with Crippen molar-refractivity contribution >= 4 is 28.8 Å². The number of carbonyl (C=O) groups excluding carboxylic acids is 2. The predicted octanol–water partition coefficient (Wildman–Crippen LogP) is 1.74. The van der Waals surface area contributed by atoms with Gasteiger partial charge in [0.2, 0.25) is 0 Å². The summed E-state index contributed by atoms with van der Waals surface area (Å²) in [4.78, 5) is 42.8. The number of piperazine rings is 1. The summed E-state index contributed by atoms with van der Waals surface area (Å²) in [5.41, 5.74) is 1.53. The number of carboxylic acid groups (broad SMARTS) is 1. The Morgan fingerprint density at radius 3 is 2.33 bits per heavy atom. The first-order valence-electron chi connectivity index (χ1n) is 9.02. The molecule has 0 unspecified atom stereocenters. The van der Waals surface area contributed by atoms with E-state index in [9.17, 15) is 19.5 Å². The number of H-pyrrole nitrogens is 1. The summed E-state index contributed by atoms with van der Waals surface area (Å²) in [6.07, 6.45) is 1.71. The van der Waals surface area contributed by atoms with Crippen molar-refractivity contribution in [3.8, 4) is 0 Å². The lowest BCUT2D eigenvalue weighted by atomic mass is 10.1. The van der Waals surface area contributed by atoms with Crippen LogP contribution in [0.1, 0.15) is 24.2 Å². The predicted molar refractivity (Wildman–Crippen MR) is 101 cm³/mol. The van der Waals surface area contributed by atoms with Crippen LogP contribution in [-0.4, -0.2) is 70.0 Å². The number of hydrogen-bond acceptors (Lipinski definition) is 3. The second kappa shape index (κ2) is 7.69. The largest absolute Gasteiger partial charge is 0.480 e. The zero-order chi connectivity index (χ0) is 19.6. The fourth-order valence-corrected chi connectivity index (χ4v) is 3.27. The van der Waals surface area contributed by atoms with Gasteiger partial charge in [0.05, 0.1) is 5.56 Å². The van der Waals surface area contributed by atoms with Gasteiger partial charge < -0.3 is 25.2 Å². The highest BCUT2D eigenvalue weighted by molar-refractivity contribution is 6.06. The third-order valence-electron chi connectivity index (χ3n) is 4.89. The summed E-state index contributed by atoms with van der Waals surface area (Å²) in [5, 5.41) is 12.6. The minimum atomic E-state index is -1.05. The van der Waals surface area contributed by atoms with Crippen molar-refractivity contribution in [1.29, 1.82) is 0 Å². The summed E-state index contributed by atoms with van der Waals surface area (Å²) in [6, 6.07) is 6.29. The maximum absolute atomic E-state index is 12.8. The number of hydrogen-bond donors (Lipinski definition) is 3. The van der Waals surface area contributed by atoms with Gasteiger partial charge in [-0.25, -0.2) is 9.59 Å². The van der Waals surface area contributed by atoms with Crippen molar-refractivity contribution in [2.24, 2.45) is 5.92 Å². The third kappa shape index (κ3) is 3.89. The van der Waals surface area contributed by atoms with E-state index in [4.69, 9.17) is 0 Å². The Labute approximate surface area is 157 Å². The van der Waals surface area contributed by atoms with E-state index in [2.05, 4.69) is 10.3 Å². The summed E-state index contributed by atoms with van der Waals surface area (Å²) in [7, 11) is 0. The number of carboxylic acids is 1. The number of nitrogens with one attached hydrogen (secondary N) is 2. The van der Waals surface area contributed by atoms with Crippen LogP contribution in [0.15, 0.2) is 30.5 Å². The van der Waals surface area contributed by atoms with Crippen molar-refractivity contribution in [3.05, 3.63) is 36.0 Å². The molecule has 2 aromatic rings. The number of urea groups is 1. The minimum absolute atomic E-state index is 0.0712. The molecule has 8 nitrogen and oxygen atoms in total. The highest BCUT2D eigenvalue weighted by Crippen LogP contribution is 2.20.